The van der Waals surface area contributed by atoms with Gasteiger partial charge in [0.15, 0.2) is 0 Å². The van der Waals surface area contributed by atoms with Gasteiger partial charge in [-0.2, -0.15) is 0 Å². The van der Waals surface area contributed by atoms with Crippen molar-refractivity contribution in [1.82, 2.24) is 4.57 Å². The minimum Gasteiger partial charge on any atom is -0.467 e. The topological polar surface area (TPSA) is 30.4 Å². The van der Waals surface area contributed by atoms with Crippen LogP contribution in [0.2, 0.25) is 0 Å². The lowest BCUT2D eigenvalue weighted by molar-refractivity contribution is 0.513. The van der Waals surface area contributed by atoms with E-state index in [1.807, 2.05) is 48.3 Å². The number of nitrogens with zero attached hydrogens (tertiary/aromatic N) is 2. The lowest BCUT2D eigenvalue weighted by atomic mass is 10.4. The molecule has 2 heterocycles. The maximum atomic E-state index is 5.16. The molecule has 2 aromatic rings. The SMILES string of the molecule is Cn1cccc1C=NCc1ccco1. The molecule has 3 nitrogen and oxygen atoms in total. The highest BCUT2D eigenvalue weighted by Gasteiger charge is 1.93. The number of hydrogen-bond donors (Lipinski definition) is 0. The molecule has 14 heavy (non-hydrogen) atoms. The number of aliphatic imine (C=N–C) groups is 1. The van der Waals surface area contributed by atoms with Crippen molar-refractivity contribution in [2.45, 2.75) is 6.54 Å². The van der Waals surface area contributed by atoms with Gasteiger partial charge in [0, 0.05) is 19.5 Å². The van der Waals surface area contributed by atoms with Gasteiger partial charge in [-0.1, -0.05) is 0 Å². The molecule has 0 atom stereocenters. The molecule has 0 N–H and O–H groups in total. The molecule has 0 fully saturated rings. The fraction of sp³-hybridized carbons (Fsp3) is 0.182. The monoisotopic (exact) mass is 188 g/mol. The van der Waals surface area contributed by atoms with E-state index in [2.05, 4.69) is 4.99 Å². The van der Waals surface area contributed by atoms with Crippen molar-refractivity contribution in [3.05, 3.63) is 48.2 Å². The third-order valence-corrected chi connectivity index (χ3v) is 2.03. The van der Waals surface area contributed by atoms with Gasteiger partial charge in [0.2, 0.25) is 0 Å². The molecule has 0 aliphatic carbocycles. The van der Waals surface area contributed by atoms with Crippen LogP contribution in [0, 0.1) is 0 Å². The molecule has 0 spiro atoms. The van der Waals surface area contributed by atoms with E-state index in [1.165, 1.54) is 0 Å². The summed E-state index contributed by atoms with van der Waals surface area (Å²) in [6.07, 6.45) is 5.50. The van der Waals surface area contributed by atoms with Crippen LogP contribution >= 0.6 is 0 Å². The average molecular weight is 188 g/mol. The van der Waals surface area contributed by atoms with Crippen molar-refractivity contribution in [3.63, 3.8) is 0 Å². The number of hydrogen-bond acceptors (Lipinski definition) is 2. The van der Waals surface area contributed by atoms with Gasteiger partial charge in [-0.05, 0) is 24.3 Å². The van der Waals surface area contributed by atoms with Crippen molar-refractivity contribution in [2.24, 2.45) is 12.0 Å². The van der Waals surface area contributed by atoms with Crippen LogP contribution in [0.5, 0.6) is 0 Å². The quantitative estimate of drug-likeness (QED) is 0.679. The van der Waals surface area contributed by atoms with E-state index in [4.69, 9.17) is 4.42 Å². The number of aryl methyl sites for hydroxylation is 1. The van der Waals surface area contributed by atoms with E-state index in [0.29, 0.717) is 6.54 Å². The van der Waals surface area contributed by atoms with Gasteiger partial charge in [0.25, 0.3) is 0 Å². The minimum atomic E-state index is 0.595. The lowest BCUT2D eigenvalue weighted by Gasteiger charge is -1.94. The summed E-state index contributed by atoms with van der Waals surface area (Å²) in [5.41, 5.74) is 1.09. The van der Waals surface area contributed by atoms with Crippen molar-refractivity contribution in [3.8, 4) is 0 Å². The van der Waals surface area contributed by atoms with Gasteiger partial charge in [-0.25, -0.2) is 0 Å². The van der Waals surface area contributed by atoms with Crippen LogP contribution in [-0.4, -0.2) is 10.8 Å². The normalized spacial score (nSPS) is 11.2. The maximum absolute atomic E-state index is 5.16. The summed E-state index contributed by atoms with van der Waals surface area (Å²) < 4.78 is 7.18. The summed E-state index contributed by atoms with van der Waals surface area (Å²) in [5, 5.41) is 0. The first-order valence-corrected chi connectivity index (χ1v) is 4.50. The first kappa shape index (κ1) is 8.81. The summed E-state index contributed by atoms with van der Waals surface area (Å²) in [7, 11) is 1.99. The Morgan fingerprint density at radius 2 is 2.36 bits per heavy atom. The number of furan rings is 1. The van der Waals surface area contributed by atoms with Gasteiger partial charge >= 0.3 is 0 Å². The zero-order chi connectivity index (χ0) is 9.80. The molecule has 0 aromatic carbocycles. The zero-order valence-corrected chi connectivity index (χ0v) is 8.05. The van der Waals surface area contributed by atoms with Crippen LogP contribution in [0.25, 0.3) is 0 Å². The predicted molar refractivity (Wildman–Crippen MR) is 55.4 cm³/mol. The van der Waals surface area contributed by atoms with Gasteiger partial charge < -0.3 is 8.98 Å². The molecular formula is C11H12N2O. The largest absolute Gasteiger partial charge is 0.467 e. The highest BCUT2D eigenvalue weighted by molar-refractivity contribution is 5.77. The van der Waals surface area contributed by atoms with E-state index in [0.717, 1.165) is 11.5 Å². The summed E-state index contributed by atoms with van der Waals surface area (Å²) in [6.45, 7) is 0.595. The third kappa shape index (κ3) is 1.93. The second kappa shape index (κ2) is 3.96. The standard InChI is InChI=1S/C11H12N2O/c1-13-6-2-4-10(13)8-12-9-11-5-3-7-14-11/h2-8H,9H2,1H3. The number of rotatable bonds is 3. The molecule has 2 aromatic heterocycles. The fourth-order valence-electron chi connectivity index (χ4n) is 1.24. The molecular weight excluding hydrogens is 176 g/mol. The van der Waals surface area contributed by atoms with Crippen LogP contribution in [0.15, 0.2) is 46.1 Å². The highest BCUT2D eigenvalue weighted by atomic mass is 16.3. The molecule has 0 amide bonds. The molecule has 2 rings (SSSR count). The van der Waals surface area contributed by atoms with E-state index in [-0.39, 0.29) is 0 Å². The van der Waals surface area contributed by atoms with Crippen LogP contribution < -0.4 is 0 Å². The third-order valence-electron chi connectivity index (χ3n) is 2.03. The van der Waals surface area contributed by atoms with Crippen molar-refractivity contribution in [2.75, 3.05) is 0 Å². The van der Waals surface area contributed by atoms with Crippen LogP contribution in [0.4, 0.5) is 0 Å². The molecule has 0 aliphatic rings. The Hall–Kier alpha value is -1.77. The van der Waals surface area contributed by atoms with Crippen molar-refractivity contribution >= 4 is 6.21 Å². The van der Waals surface area contributed by atoms with Crippen molar-refractivity contribution < 1.29 is 4.42 Å². The average Bonchev–Trinajstić information content (AvgIpc) is 2.78. The molecule has 0 saturated heterocycles. The van der Waals surface area contributed by atoms with E-state index in [9.17, 15) is 0 Å². The highest BCUT2D eigenvalue weighted by Crippen LogP contribution is 2.02. The van der Waals surface area contributed by atoms with Crippen LogP contribution in [0.1, 0.15) is 11.5 Å². The molecule has 72 valence electrons. The summed E-state index contributed by atoms with van der Waals surface area (Å²) in [4.78, 5) is 4.28. The second-order valence-corrected chi connectivity index (χ2v) is 3.09. The van der Waals surface area contributed by atoms with Crippen LogP contribution in [0.3, 0.4) is 0 Å². The molecule has 3 heteroatoms. The van der Waals surface area contributed by atoms with E-state index >= 15 is 0 Å². The Labute approximate surface area is 82.7 Å². The Bertz CT molecular complexity index is 412. The van der Waals surface area contributed by atoms with Crippen molar-refractivity contribution in [1.29, 1.82) is 0 Å². The predicted octanol–water partition coefficient (Wildman–Crippen LogP) is 2.24. The maximum Gasteiger partial charge on any atom is 0.125 e. The zero-order valence-electron chi connectivity index (χ0n) is 8.05. The first-order chi connectivity index (χ1) is 6.86. The Balaban J connectivity index is 1.99. The van der Waals surface area contributed by atoms with Gasteiger partial charge in [-0.3, -0.25) is 4.99 Å². The van der Waals surface area contributed by atoms with Gasteiger partial charge in [0.1, 0.15) is 5.76 Å². The summed E-state index contributed by atoms with van der Waals surface area (Å²) in [5.74, 6) is 0.885. The Morgan fingerprint density at radius 3 is 3.00 bits per heavy atom. The Kier molecular flexibility index (Phi) is 2.49. The van der Waals surface area contributed by atoms with E-state index in [1.54, 1.807) is 6.26 Å². The lowest BCUT2D eigenvalue weighted by Crippen LogP contribution is -1.92. The molecule has 0 bridgehead atoms. The summed E-state index contributed by atoms with van der Waals surface area (Å²) in [6, 6.07) is 7.80. The minimum absolute atomic E-state index is 0.595. The Morgan fingerprint density at radius 1 is 1.43 bits per heavy atom. The van der Waals surface area contributed by atoms with E-state index < -0.39 is 0 Å². The fourth-order valence-corrected chi connectivity index (χ4v) is 1.24. The van der Waals surface area contributed by atoms with Gasteiger partial charge in [0.05, 0.1) is 18.5 Å². The molecule has 0 saturated carbocycles. The summed E-state index contributed by atoms with van der Waals surface area (Å²) >= 11 is 0. The molecule has 0 radical (unpaired) electrons. The molecule has 0 unspecified atom stereocenters. The first-order valence-electron chi connectivity index (χ1n) is 4.50. The molecule has 0 aliphatic heterocycles. The number of aromatic nitrogens is 1. The van der Waals surface area contributed by atoms with Crippen LogP contribution in [-0.2, 0) is 13.6 Å². The smallest absolute Gasteiger partial charge is 0.125 e. The second-order valence-electron chi connectivity index (χ2n) is 3.09. The van der Waals surface area contributed by atoms with Gasteiger partial charge in [-0.15, -0.1) is 0 Å².